The van der Waals surface area contributed by atoms with E-state index in [1.165, 1.54) is 31.9 Å². The molecule has 17 heavy (non-hydrogen) atoms. The largest absolute Gasteiger partial charge is 0.310 e. The molecule has 3 heteroatoms. The Balaban J connectivity index is 1.81. The Labute approximate surface area is 103 Å². The Morgan fingerprint density at radius 1 is 1.35 bits per heavy atom. The minimum atomic E-state index is -0.148. The van der Waals surface area contributed by atoms with Gasteiger partial charge in [0, 0.05) is 12.6 Å². The van der Waals surface area contributed by atoms with Gasteiger partial charge in [0.05, 0.1) is 0 Å². The number of nitrogens with one attached hydrogen (secondary N) is 1. The zero-order valence-corrected chi connectivity index (χ0v) is 10.5. The van der Waals surface area contributed by atoms with E-state index in [9.17, 15) is 4.39 Å². The Morgan fingerprint density at radius 2 is 2.24 bits per heavy atom. The van der Waals surface area contributed by atoms with Crippen molar-refractivity contribution in [2.24, 2.45) is 0 Å². The molecule has 2 rings (SSSR count). The topological polar surface area (TPSA) is 15.3 Å². The summed E-state index contributed by atoms with van der Waals surface area (Å²) < 4.78 is 13.0. The van der Waals surface area contributed by atoms with Gasteiger partial charge in [0.15, 0.2) is 0 Å². The van der Waals surface area contributed by atoms with Crippen molar-refractivity contribution < 1.29 is 4.39 Å². The molecule has 1 unspecified atom stereocenters. The summed E-state index contributed by atoms with van der Waals surface area (Å²) in [5.41, 5.74) is 1.03. The van der Waals surface area contributed by atoms with Gasteiger partial charge in [0.1, 0.15) is 5.82 Å². The van der Waals surface area contributed by atoms with Gasteiger partial charge in [0.2, 0.25) is 0 Å². The third-order valence-electron chi connectivity index (χ3n) is 3.44. The number of halogens is 1. The summed E-state index contributed by atoms with van der Waals surface area (Å²) in [4.78, 5) is 2.38. The maximum absolute atomic E-state index is 13.0. The highest BCUT2D eigenvalue weighted by Gasteiger charge is 2.13. The first-order chi connectivity index (χ1) is 8.24. The molecule has 2 nitrogen and oxygen atoms in total. The van der Waals surface area contributed by atoms with Crippen LogP contribution in [-0.4, -0.2) is 31.1 Å². The van der Waals surface area contributed by atoms with Crippen LogP contribution in [0.15, 0.2) is 24.3 Å². The average molecular weight is 236 g/mol. The first kappa shape index (κ1) is 12.5. The van der Waals surface area contributed by atoms with Gasteiger partial charge in [-0.2, -0.15) is 0 Å². The second-order valence-corrected chi connectivity index (χ2v) is 4.94. The third-order valence-corrected chi connectivity index (χ3v) is 3.44. The summed E-state index contributed by atoms with van der Waals surface area (Å²) in [5, 5.41) is 3.53. The fraction of sp³-hybridized carbons (Fsp3) is 0.571. The Morgan fingerprint density at radius 3 is 3.06 bits per heavy atom. The van der Waals surface area contributed by atoms with Crippen LogP contribution in [0.4, 0.5) is 4.39 Å². The molecular weight excluding hydrogens is 215 g/mol. The van der Waals surface area contributed by atoms with E-state index in [4.69, 9.17) is 0 Å². The molecule has 1 aromatic carbocycles. The summed E-state index contributed by atoms with van der Waals surface area (Å²) >= 11 is 0. The van der Waals surface area contributed by atoms with Crippen LogP contribution in [0.25, 0.3) is 0 Å². The van der Waals surface area contributed by atoms with E-state index in [0.717, 1.165) is 18.7 Å². The fourth-order valence-electron chi connectivity index (χ4n) is 2.35. The minimum absolute atomic E-state index is 0.148. The van der Waals surface area contributed by atoms with E-state index in [0.29, 0.717) is 6.04 Å². The summed E-state index contributed by atoms with van der Waals surface area (Å²) in [7, 11) is 2.18. The van der Waals surface area contributed by atoms with Gasteiger partial charge in [-0.3, -0.25) is 0 Å². The van der Waals surface area contributed by atoms with E-state index < -0.39 is 0 Å². The highest BCUT2D eigenvalue weighted by atomic mass is 19.1. The van der Waals surface area contributed by atoms with Crippen molar-refractivity contribution in [1.29, 1.82) is 0 Å². The summed E-state index contributed by atoms with van der Waals surface area (Å²) in [6.45, 7) is 3.12. The van der Waals surface area contributed by atoms with Gasteiger partial charge in [0.25, 0.3) is 0 Å². The molecule has 1 aromatic rings. The van der Waals surface area contributed by atoms with Crippen LogP contribution in [0.5, 0.6) is 0 Å². The predicted molar refractivity (Wildman–Crippen MR) is 68.4 cm³/mol. The molecule has 0 saturated carbocycles. The molecule has 0 amide bonds. The fourth-order valence-corrected chi connectivity index (χ4v) is 2.35. The van der Waals surface area contributed by atoms with Crippen LogP contribution < -0.4 is 5.32 Å². The predicted octanol–water partition coefficient (Wildman–Crippen LogP) is 2.40. The van der Waals surface area contributed by atoms with Crippen molar-refractivity contribution in [3.05, 3.63) is 35.6 Å². The smallest absolute Gasteiger partial charge is 0.123 e. The second kappa shape index (κ2) is 6.12. The molecule has 1 aliphatic rings. The lowest BCUT2D eigenvalue weighted by atomic mass is 10.1. The molecular formula is C14H21FN2. The second-order valence-electron chi connectivity index (χ2n) is 4.94. The lowest BCUT2D eigenvalue weighted by molar-refractivity contribution is 0.343. The maximum atomic E-state index is 13.0. The summed E-state index contributed by atoms with van der Waals surface area (Å²) in [6, 6.07) is 7.41. The minimum Gasteiger partial charge on any atom is -0.310 e. The number of benzene rings is 1. The van der Waals surface area contributed by atoms with Crippen molar-refractivity contribution in [3.63, 3.8) is 0 Å². The van der Waals surface area contributed by atoms with Crippen LogP contribution >= 0.6 is 0 Å². The Kier molecular flexibility index (Phi) is 4.51. The van der Waals surface area contributed by atoms with E-state index >= 15 is 0 Å². The zero-order chi connectivity index (χ0) is 12.1. The SMILES string of the molecule is CN1CCCC(NCc2cccc(F)c2)CC1. The normalized spacial score (nSPS) is 22.4. The van der Waals surface area contributed by atoms with Crippen molar-refractivity contribution in [3.8, 4) is 0 Å². The van der Waals surface area contributed by atoms with Gasteiger partial charge in [-0.1, -0.05) is 12.1 Å². The molecule has 1 atom stereocenters. The zero-order valence-electron chi connectivity index (χ0n) is 10.5. The first-order valence-corrected chi connectivity index (χ1v) is 6.40. The number of likely N-dealkylation sites (tertiary alicyclic amines) is 1. The molecule has 94 valence electrons. The highest BCUT2D eigenvalue weighted by Crippen LogP contribution is 2.11. The van der Waals surface area contributed by atoms with Crippen molar-refractivity contribution in [2.45, 2.75) is 31.8 Å². The van der Waals surface area contributed by atoms with E-state index in [2.05, 4.69) is 17.3 Å². The molecule has 1 aliphatic heterocycles. The first-order valence-electron chi connectivity index (χ1n) is 6.40. The molecule has 1 N–H and O–H groups in total. The Hall–Kier alpha value is -0.930. The number of rotatable bonds is 3. The van der Waals surface area contributed by atoms with Gasteiger partial charge in [-0.25, -0.2) is 4.39 Å². The van der Waals surface area contributed by atoms with Crippen LogP contribution in [0.2, 0.25) is 0 Å². The average Bonchev–Trinajstić information content (AvgIpc) is 2.52. The van der Waals surface area contributed by atoms with Crippen LogP contribution in [-0.2, 0) is 6.54 Å². The molecule has 0 spiro atoms. The van der Waals surface area contributed by atoms with Gasteiger partial charge in [-0.05, 0) is 57.1 Å². The lowest BCUT2D eigenvalue weighted by Gasteiger charge is -2.16. The lowest BCUT2D eigenvalue weighted by Crippen LogP contribution is -2.29. The summed E-state index contributed by atoms with van der Waals surface area (Å²) in [6.07, 6.45) is 3.66. The van der Waals surface area contributed by atoms with Crippen LogP contribution in [0.1, 0.15) is 24.8 Å². The third kappa shape index (κ3) is 4.10. The molecule has 0 aliphatic carbocycles. The highest BCUT2D eigenvalue weighted by molar-refractivity contribution is 5.16. The number of hydrogen-bond donors (Lipinski definition) is 1. The molecule has 1 saturated heterocycles. The quantitative estimate of drug-likeness (QED) is 0.867. The van der Waals surface area contributed by atoms with Crippen molar-refractivity contribution in [1.82, 2.24) is 10.2 Å². The molecule has 1 heterocycles. The molecule has 1 fully saturated rings. The monoisotopic (exact) mass is 236 g/mol. The van der Waals surface area contributed by atoms with Crippen LogP contribution in [0.3, 0.4) is 0 Å². The van der Waals surface area contributed by atoms with Crippen LogP contribution in [0, 0.1) is 5.82 Å². The number of hydrogen-bond acceptors (Lipinski definition) is 2. The molecule has 0 aromatic heterocycles. The van der Waals surface area contributed by atoms with Gasteiger partial charge >= 0.3 is 0 Å². The Bertz CT molecular complexity index is 354. The van der Waals surface area contributed by atoms with Gasteiger partial charge in [-0.15, -0.1) is 0 Å². The molecule has 0 radical (unpaired) electrons. The molecule has 0 bridgehead atoms. The van der Waals surface area contributed by atoms with Crippen molar-refractivity contribution in [2.75, 3.05) is 20.1 Å². The number of nitrogens with zero attached hydrogens (tertiary/aromatic N) is 1. The van der Waals surface area contributed by atoms with Gasteiger partial charge < -0.3 is 10.2 Å². The maximum Gasteiger partial charge on any atom is 0.123 e. The van der Waals surface area contributed by atoms with Crippen molar-refractivity contribution >= 4 is 0 Å². The van der Waals surface area contributed by atoms with E-state index in [-0.39, 0.29) is 5.82 Å². The standard InChI is InChI=1S/C14H21FN2/c1-17-8-3-6-14(7-9-17)16-11-12-4-2-5-13(15)10-12/h2,4-5,10,14,16H,3,6-9,11H2,1H3. The summed E-state index contributed by atoms with van der Waals surface area (Å²) in [5.74, 6) is -0.148. The van der Waals surface area contributed by atoms with E-state index in [1.807, 2.05) is 6.07 Å². The van der Waals surface area contributed by atoms with E-state index in [1.54, 1.807) is 12.1 Å².